The molecule has 3 aromatic carbocycles. The van der Waals surface area contributed by atoms with Crippen molar-refractivity contribution in [3.8, 4) is 0 Å². The first kappa shape index (κ1) is 16.0. The third-order valence-corrected chi connectivity index (χ3v) is 4.14. The van der Waals surface area contributed by atoms with E-state index in [1.807, 2.05) is 36.4 Å². The molecule has 0 aliphatic heterocycles. The molecule has 0 aliphatic carbocycles. The van der Waals surface area contributed by atoms with E-state index in [0.717, 1.165) is 23.2 Å². The largest absolute Gasteiger partial charge is 0.326 e. The first-order valence-corrected chi connectivity index (χ1v) is 7.95. The highest BCUT2D eigenvalue weighted by atomic mass is 19.1. The maximum absolute atomic E-state index is 14.0. The molecule has 0 radical (unpaired) electrons. The summed E-state index contributed by atoms with van der Waals surface area (Å²) in [5.74, 6) is -0.0158. The second-order valence-electron chi connectivity index (χ2n) is 5.70. The van der Waals surface area contributed by atoms with Gasteiger partial charge in [0.25, 0.3) is 0 Å². The van der Waals surface area contributed by atoms with Gasteiger partial charge in [-0.15, -0.1) is 0 Å². The number of nitrogens with zero attached hydrogens (tertiary/aromatic N) is 1. The molecule has 0 saturated heterocycles. The number of halogens is 1. The zero-order chi connectivity index (χ0) is 17.1. The number of guanidine groups is 1. The summed E-state index contributed by atoms with van der Waals surface area (Å²) in [7, 11) is 1.80. The summed E-state index contributed by atoms with van der Waals surface area (Å²) in [6, 6.07) is 18.5. The van der Waals surface area contributed by atoms with Crippen molar-refractivity contribution in [2.75, 3.05) is 17.3 Å². The summed E-state index contributed by atoms with van der Waals surface area (Å²) in [6.45, 7) is 2.10. The number of aryl methyl sites for hydroxylation is 1. The smallest absolute Gasteiger partial charge is 0.199 e. The van der Waals surface area contributed by atoms with E-state index >= 15 is 0 Å². The Morgan fingerprint density at radius 3 is 2.54 bits per heavy atom. The van der Waals surface area contributed by atoms with Crippen LogP contribution in [0.3, 0.4) is 0 Å². The number of benzene rings is 3. The zero-order valence-corrected chi connectivity index (χ0v) is 13.8. The fraction of sp³-hybridized carbons (Fsp3) is 0.150. The average molecular weight is 321 g/mol. The molecule has 3 aromatic rings. The van der Waals surface area contributed by atoms with E-state index in [0.29, 0.717) is 5.39 Å². The maximum atomic E-state index is 14.0. The number of nitrogens with one attached hydrogen (secondary N) is 2. The molecule has 3 rings (SSSR count). The van der Waals surface area contributed by atoms with Gasteiger partial charge in [-0.25, -0.2) is 4.39 Å². The fourth-order valence-corrected chi connectivity index (χ4v) is 2.75. The van der Waals surface area contributed by atoms with Gasteiger partial charge >= 0.3 is 0 Å². The minimum Gasteiger partial charge on any atom is -0.326 e. The molecule has 0 unspecified atom stereocenters. The minimum atomic E-state index is -0.252. The molecule has 0 amide bonds. The van der Waals surface area contributed by atoms with Crippen molar-refractivity contribution in [1.82, 2.24) is 0 Å². The van der Waals surface area contributed by atoms with E-state index in [9.17, 15) is 4.39 Å². The molecular formula is C20H20FN3. The number of anilines is 2. The molecule has 0 spiro atoms. The molecule has 2 N–H and O–H groups in total. The van der Waals surface area contributed by atoms with Crippen molar-refractivity contribution in [2.24, 2.45) is 0 Å². The van der Waals surface area contributed by atoms with Gasteiger partial charge in [0.15, 0.2) is 5.96 Å². The van der Waals surface area contributed by atoms with E-state index in [4.69, 9.17) is 5.41 Å². The molecule has 4 heteroatoms. The Morgan fingerprint density at radius 1 is 1.04 bits per heavy atom. The van der Waals surface area contributed by atoms with Gasteiger partial charge in [-0.3, -0.25) is 5.41 Å². The minimum absolute atomic E-state index is 0.236. The fourth-order valence-electron chi connectivity index (χ4n) is 2.75. The molecule has 0 atom stereocenters. The molecule has 0 fully saturated rings. The summed E-state index contributed by atoms with van der Waals surface area (Å²) in [5.41, 5.74) is 2.87. The highest BCUT2D eigenvalue weighted by molar-refractivity contribution is 6.08. The van der Waals surface area contributed by atoms with Gasteiger partial charge in [0.2, 0.25) is 0 Å². The van der Waals surface area contributed by atoms with Crippen molar-refractivity contribution in [2.45, 2.75) is 13.3 Å². The predicted molar refractivity (Wildman–Crippen MR) is 99.5 cm³/mol. The van der Waals surface area contributed by atoms with Crippen molar-refractivity contribution in [1.29, 1.82) is 5.41 Å². The van der Waals surface area contributed by atoms with Crippen LogP contribution in [-0.4, -0.2) is 13.0 Å². The van der Waals surface area contributed by atoms with Crippen molar-refractivity contribution < 1.29 is 4.39 Å². The lowest BCUT2D eigenvalue weighted by molar-refractivity contribution is 0.640. The molecule has 0 aliphatic rings. The van der Waals surface area contributed by atoms with Crippen LogP contribution < -0.4 is 10.2 Å². The van der Waals surface area contributed by atoms with Crippen LogP contribution in [0.1, 0.15) is 12.5 Å². The van der Waals surface area contributed by atoms with Crippen LogP contribution in [0.15, 0.2) is 60.7 Å². The topological polar surface area (TPSA) is 39.1 Å². The third-order valence-electron chi connectivity index (χ3n) is 4.14. The number of hydrogen-bond donors (Lipinski definition) is 2. The van der Waals surface area contributed by atoms with E-state index in [-0.39, 0.29) is 11.8 Å². The van der Waals surface area contributed by atoms with Gasteiger partial charge in [0.1, 0.15) is 5.82 Å². The van der Waals surface area contributed by atoms with E-state index in [1.54, 1.807) is 24.1 Å². The Hall–Kier alpha value is -2.88. The van der Waals surface area contributed by atoms with Crippen molar-refractivity contribution in [3.63, 3.8) is 0 Å². The van der Waals surface area contributed by atoms with Crippen LogP contribution in [-0.2, 0) is 6.42 Å². The maximum Gasteiger partial charge on any atom is 0.199 e. The Morgan fingerprint density at radius 2 is 1.79 bits per heavy atom. The van der Waals surface area contributed by atoms with Crippen LogP contribution in [0.25, 0.3) is 10.8 Å². The van der Waals surface area contributed by atoms with E-state index in [1.165, 1.54) is 11.6 Å². The lowest BCUT2D eigenvalue weighted by Crippen LogP contribution is -2.32. The Bertz CT molecular complexity index is 889. The van der Waals surface area contributed by atoms with Gasteiger partial charge in [-0.2, -0.15) is 0 Å². The van der Waals surface area contributed by atoms with Crippen LogP contribution in [0.5, 0.6) is 0 Å². The number of hydrogen-bond acceptors (Lipinski definition) is 1. The van der Waals surface area contributed by atoms with Crippen LogP contribution >= 0.6 is 0 Å². The normalized spacial score (nSPS) is 10.6. The second-order valence-corrected chi connectivity index (χ2v) is 5.70. The second kappa shape index (κ2) is 6.71. The van der Waals surface area contributed by atoms with Crippen LogP contribution in [0.4, 0.5) is 15.8 Å². The third kappa shape index (κ3) is 3.08. The highest BCUT2D eigenvalue weighted by Gasteiger charge is 2.13. The van der Waals surface area contributed by atoms with Gasteiger partial charge in [0.05, 0.1) is 5.69 Å². The Kier molecular flexibility index (Phi) is 4.47. The monoisotopic (exact) mass is 321 g/mol. The summed E-state index contributed by atoms with van der Waals surface area (Å²) >= 11 is 0. The quantitative estimate of drug-likeness (QED) is 0.525. The lowest BCUT2D eigenvalue weighted by Gasteiger charge is -2.23. The van der Waals surface area contributed by atoms with Crippen LogP contribution in [0.2, 0.25) is 0 Å². The highest BCUT2D eigenvalue weighted by Crippen LogP contribution is 2.28. The standard InChI is InChI=1S/C20H20FN3/c1-3-14-7-6-8-15(13-14)23-20(22)24(2)19-12-11-18(21)16-9-4-5-10-17(16)19/h4-13H,3H2,1-2H3,(H2,22,23). The first-order chi connectivity index (χ1) is 11.6. The molecule has 0 bridgehead atoms. The zero-order valence-electron chi connectivity index (χ0n) is 13.8. The molecule has 3 nitrogen and oxygen atoms in total. The summed E-state index contributed by atoms with van der Waals surface area (Å²) in [4.78, 5) is 1.72. The molecular weight excluding hydrogens is 301 g/mol. The van der Waals surface area contributed by atoms with Gasteiger partial charge in [-0.1, -0.05) is 43.3 Å². The summed E-state index contributed by atoms with van der Waals surface area (Å²) < 4.78 is 14.0. The van der Waals surface area contributed by atoms with Gasteiger partial charge in [-0.05, 0) is 36.2 Å². The van der Waals surface area contributed by atoms with E-state index < -0.39 is 0 Å². The molecule has 122 valence electrons. The lowest BCUT2D eigenvalue weighted by atomic mass is 10.1. The molecule has 0 heterocycles. The van der Waals surface area contributed by atoms with E-state index in [2.05, 4.69) is 18.3 Å². The van der Waals surface area contributed by atoms with Crippen LogP contribution in [0, 0.1) is 11.2 Å². The molecule has 0 saturated carbocycles. The first-order valence-electron chi connectivity index (χ1n) is 7.95. The number of fused-ring (bicyclic) bond motifs is 1. The Labute approximate surface area is 141 Å². The van der Waals surface area contributed by atoms with Gasteiger partial charge in [0, 0.05) is 23.5 Å². The van der Waals surface area contributed by atoms with Crippen molar-refractivity contribution >= 4 is 28.1 Å². The Balaban J connectivity index is 1.90. The van der Waals surface area contributed by atoms with Gasteiger partial charge < -0.3 is 10.2 Å². The average Bonchev–Trinajstić information content (AvgIpc) is 2.62. The summed E-state index contributed by atoms with van der Waals surface area (Å²) in [5, 5.41) is 12.8. The predicted octanol–water partition coefficient (Wildman–Crippen LogP) is 5.02. The van der Waals surface area contributed by atoms with Crippen molar-refractivity contribution in [3.05, 3.63) is 72.0 Å². The SMILES string of the molecule is CCc1cccc(NC(=N)N(C)c2ccc(F)c3ccccc23)c1. The molecule has 24 heavy (non-hydrogen) atoms. The summed E-state index contributed by atoms with van der Waals surface area (Å²) in [6.07, 6.45) is 0.946. The number of rotatable bonds is 3. The molecule has 0 aromatic heterocycles.